The van der Waals surface area contributed by atoms with E-state index in [1.165, 1.54) is 0 Å². The SMILES string of the molecule is CCNC(=O)c1cccn1C1CCN(C(=O)OC(C)(C)C)CC1. The molecule has 0 aliphatic carbocycles. The van der Waals surface area contributed by atoms with Gasteiger partial charge in [0.05, 0.1) is 0 Å². The first kappa shape index (κ1) is 17.4. The Balaban J connectivity index is 1.96. The molecule has 0 unspecified atom stereocenters. The molecule has 0 aromatic carbocycles. The summed E-state index contributed by atoms with van der Waals surface area (Å²) < 4.78 is 7.44. The van der Waals surface area contributed by atoms with E-state index in [1.54, 1.807) is 4.90 Å². The van der Waals surface area contributed by atoms with Gasteiger partial charge in [0, 0.05) is 31.9 Å². The Morgan fingerprint density at radius 3 is 2.52 bits per heavy atom. The third-order valence-corrected chi connectivity index (χ3v) is 3.86. The van der Waals surface area contributed by atoms with Crippen molar-refractivity contribution in [2.24, 2.45) is 0 Å². The summed E-state index contributed by atoms with van der Waals surface area (Å²) in [4.78, 5) is 25.9. The Kier molecular flexibility index (Phi) is 5.34. The van der Waals surface area contributed by atoms with Gasteiger partial charge in [0.25, 0.3) is 5.91 Å². The zero-order chi connectivity index (χ0) is 17.0. The average molecular weight is 321 g/mol. The summed E-state index contributed by atoms with van der Waals surface area (Å²) >= 11 is 0. The van der Waals surface area contributed by atoms with E-state index in [9.17, 15) is 9.59 Å². The summed E-state index contributed by atoms with van der Waals surface area (Å²) in [6, 6.07) is 3.97. The lowest BCUT2D eigenvalue weighted by molar-refractivity contribution is 0.0187. The van der Waals surface area contributed by atoms with Gasteiger partial charge in [-0.2, -0.15) is 0 Å². The summed E-state index contributed by atoms with van der Waals surface area (Å²) in [6.07, 6.45) is 3.33. The van der Waals surface area contributed by atoms with Crippen LogP contribution in [-0.4, -0.2) is 46.7 Å². The van der Waals surface area contributed by atoms with Crippen LogP contribution in [-0.2, 0) is 4.74 Å². The molecular weight excluding hydrogens is 294 g/mol. The van der Waals surface area contributed by atoms with Crippen LogP contribution < -0.4 is 5.32 Å². The minimum absolute atomic E-state index is 0.0490. The average Bonchev–Trinajstić information content (AvgIpc) is 2.95. The van der Waals surface area contributed by atoms with E-state index in [2.05, 4.69) is 5.32 Å². The number of hydrogen-bond donors (Lipinski definition) is 1. The number of ether oxygens (including phenoxy) is 1. The molecule has 2 amide bonds. The standard InChI is InChI=1S/C17H27N3O3/c1-5-18-15(21)14-7-6-10-20(14)13-8-11-19(12-9-13)16(22)23-17(2,3)4/h6-7,10,13H,5,8-9,11-12H2,1-4H3,(H,18,21). The maximum absolute atomic E-state index is 12.1. The second-order valence-corrected chi connectivity index (χ2v) is 6.86. The van der Waals surface area contributed by atoms with Gasteiger partial charge in [-0.3, -0.25) is 4.79 Å². The number of nitrogens with one attached hydrogen (secondary N) is 1. The predicted octanol–water partition coefficient (Wildman–Crippen LogP) is 2.81. The number of hydrogen-bond acceptors (Lipinski definition) is 3. The van der Waals surface area contributed by atoms with E-state index in [1.807, 2.05) is 50.6 Å². The van der Waals surface area contributed by atoms with Gasteiger partial charge in [-0.1, -0.05) is 0 Å². The minimum atomic E-state index is -0.472. The van der Waals surface area contributed by atoms with Crippen molar-refractivity contribution in [1.29, 1.82) is 0 Å². The molecule has 6 heteroatoms. The summed E-state index contributed by atoms with van der Waals surface area (Å²) in [5.74, 6) is -0.0490. The summed E-state index contributed by atoms with van der Waals surface area (Å²) in [5.41, 5.74) is 0.210. The van der Waals surface area contributed by atoms with Crippen LogP contribution in [0.5, 0.6) is 0 Å². The minimum Gasteiger partial charge on any atom is -0.444 e. The van der Waals surface area contributed by atoms with E-state index >= 15 is 0 Å². The summed E-state index contributed by atoms with van der Waals surface area (Å²) in [5, 5.41) is 2.84. The highest BCUT2D eigenvalue weighted by molar-refractivity contribution is 5.92. The number of aromatic nitrogens is 1. The third kappa shape index (κ3) is 4.50. The van der Waals surface area contributed by atoms with Crippen molar-refractivity contribution in [3.63, 3.8) is 0 Å². The number of carbonyl (C=O) groups is 2. The highest BCUT2D eigenvalue weighted by atomic mass is 16.6. The van der Waals surface area contributed by atoms with Gasteiger partial charge in [-0.15, -0.1) is 0 Å². The molecule has 6 nitrogen and oxygen atoms in total. The van der Waals surface area contributed by atoms with Crippen LogP contribution in [0.3, 0.4) is 0 Å². The molecule has 1 N–H and O–H groups in total. The first-order chi connectivity index (χ1) is 10.8. The lowest BCUT2D eigenvalue weighted by Crippen LogP contribution is -2.42. The predicted molar refractivity (Wildman–Crippen MR) is 88.5 cm³/mol. The molecule has 0 spiro atoms. The van der Waals surface area contributed by atoms with Crippen LogP contribution in [0.4, 0.5) is 4.79 Å². The fourth-order valence-corrected chi connectivity index (χ4v) is 2.81. The molecule has 128 valence electrons. The molecule has 2 rings (SSSR count). The molecule has 1 aliphatic heterocycles. The van der Waals surface area contributed by atoms with Gasteiger partial charge >= 0.3 is 6.09 Å². The number of carbonyl (C=O) groups excluding carboxylic acids is 2. The molecule has 1 saturated heterocycles. The Morgan fingerprint density at radius 2 is 1.96 bits per heavy atom. The number of piperidine rings is 1. The molecule has 0 saturated carbocycles. The Hall–Kier alpha value is -1.98. The molecular formula is C17H27N3O3. The van der Waals surface area contributed by atoms with E-state index in [0.717, 1.165) is 12.8 Å². The van der Waals surface area contributed by atoms with Gasteiger partial charge in [0.2, 0.25) is 0 Å². The zero-order valence-corrected chi connectivity index (χ0v) is 14.5. The van der Waals surface area contributed by atoms with Gasteiger partial charge in [-0.05, 0) is 52.7 Å². The Morgan fingerprint density at radius 1 is 1.30 bits per heavy atom. The highest BCUT2D eigenvalue weighted by Crippen LogP contribution is 2.25. The Bertz CT molecular complexity index is 552. The van der Waals surface area contributed by atoms with Crippen molar-refractivity contribution in [3.8, 4) is 0 Å². The number of nitrogens with zero attached hydrogens (tertiary/aromatic N) is 2. The monoisotopic (exact) mass is 321 g/mol. The third-order valence-electron chi connectivity index (χ3n) is 3.86. The van der Waals surface area contributed by atoms with Gasteiger partial charge in [-0.25, -0.2) is 4.79 Å². The normalized spacial score (nSPS) is 16.3. The van der Waals surface area contributed by atoms with Gasteiger partial charge in [0.1, 0.15) is 11.3 Å². The van der Waals surface area contributed by atoms with Crippen molar-refractivity contribution >= 4 is 12.0 Å². The second kappa shape index (κ2) is 7.06. The van der Waals surface area contributed by atoms with Crippen molar-refractivity contribution in [1.82, 2.24) is 14.8 Å². The lowest BCUT2D eigenvalue weighted by atomic mass is 10.0. The zero-order valence-electron chi connectivity index (χ0n) is 14.5. The molecule has 1 aromatic heterocycles. The second-order valence-electron chi connectivity index (χ2n) is 6.86. The summed E-state index contributed by atoms with van der Waals surface area (Å²) in [6.45, 7) is 9.42. The molecule has 23 heavy (non-hydrogen) atoms. The van der Waals surface area contributed by atoms with E-state index < -0.39 is 5.60 Å². The van der Waals surface area contributed by atoms with Crippen molar-refractivity contribution < 1.29 is 14.3 Å². The maximum Gasteiger partial charge on any atom is 0.410 e. The summed E-state index contributed by atoms with van der Waals surface area (Å²) in [7, 11) is 0. The van der Waals surface area contributed by atoms with Crippen LogP contribution in [0.15, 0.2) is 18.3 Å². The molecule has 0 atom stereocenters. The fraction of sp³-hybridized carbons (Fsp3) is 0.647. The van der Waals surface area contributed by atoms with Crippen LogP contribution in [0.25, 0.3) is 0 Å². The first-order valence-corrected chi connectivity index (χ1v) is 8.25. The van der Waals surface area contributed by atoms with Crippen LogP contribution in [0.2, 0.25) is 0 Å². The molecule has 1 fully saturated rings. The number of amides is 2. The molecule has 1 aliphatic rings. The van der Waals surface area contributed by atoms with Crippen LogP contribution in [0.1, 0.15) is 57.1 Å². The fourth-order valence-electron chi connectivity index (χ4n) is 2.81. The lowest BCUT2D eigenvalue weighted by Gasteiger charge is -2.34. The van der Waals surface area contributed by atoms with Crippen molar-refractivity contribution in [2.45, 2.75) is 52.2 Å². The number of rotatable bonds is 3. The van der Waals surface area contributed by atoms with Gasteiger partial charge in [0.15, 0.2) is 0 Å². The van der Waals surface area contributed by atoms with E-state index in [0.29, 0.717) is 25.3 Å². The largest absolute Gasteiger partial charge is 0.444 e. The van der Waals surface area contributed by atoms with Crippen LogP contribution in [0, 0.1) is 0 Å². The topological polar surface area (TPSA) is 63.6 Å². The van der Waals surface area contributed by atoms with Crippen LogP contribution >= 0.6 is 0 Å². The smallest absolute Gasteiger partial charge is 0.410 e. The van der Waals surface area contributed by atoms with E-state index in [4.69, 9.17) is 4.74 Å². The Labute approximate surface area is 137 Å². The quantitative estimate of drug-likeness (QED) is 0.931. The van der Waals surface area contributed by atoms with Crippen molar-refractivity contribution in [2.75, 3.05) is 19.6 Å². The highest BCUT2D eigenvalue weighted by Gasteiger charge is 2.28. The van der Waals surface area contributed by atoms with Gasteiger partial charge < -0.3 is 19.5 Å². The first-order valence-electron chi connectivity index (χ1n) is 8.25. The van der Waals surface area contributed by atoms with Crippen molar-refractivity contribution in [3.05, 3.63) is 24.0 Å². The molecule has 1 aromatic rings. The molecule has 0 radical (unpaired) electrons. The van der Waals surface area contributed by atoms with E-state index in [-0.39, 0.29) is 18.0 Å². The maximum atomic E-state index is 12.1. The molecule has 0 bridgehead atoms. The molecule has 2 heterocycles. The number of likely N-dealkylation sites (tertiary alicyclic amines) is 1.